The smallest absolute Gasteiger partial charge is 0.357 e. The van der Waals surface area contributed by atoms with Crippen LogP contribution in [0.5, 0.6) is 0 Å². The van der Waals surface area contributed by atoms with Gasteiger partial charge < -0.3 is 110 Å². The topological polar surface area (TPSA) is 392 Å². The molecule has 5 aliphatic rings. The molecule has 5 rings (SSSR count). The summed E-state index contributed by atoms with van der Waals surface area (Å²) in [5.74, 6) is -1.85. The first kappa shape index (κ1) is 50.4. The van der Waals surface area contributed by atoms with Gasteiger partial charge in [-0.05, 0) is 26.7 Å². The van der Waals surface area contributed by atoms with Gasteiger partial charge in [-0.15, -0.1) is 0 Å². The highest BCUT2D eigenvalue weighted by molar-refractivity contribution is 6.40. The predicted molar refractivity (Wildman–Crippen MR) is 196 cm³/mol. The van der Waals surface area contributed by atoms with Gasteiger partial charge in [0.25, 0.3) is 0 Å². The number of aliphatic hydroxyl groups excluding tert-OH is 13. The first-order valence-corrected chi connectivity index (χ1v) is 19.4. The molecule has 5 heterocycles. The van der Waals surface area contributed by atoms with E-state index in [0.717, 1.165) is 0 Å². The molecule has 0 aromatic heterocycles. The van der Waals surface area contributed by atoms with E-state index >= 15 is 0 Å². The quantitative estimate of drug-likeness (QED) is 0.0810. The zero-order chi connectivity index (χ0) is 45.3. The van der Waals surface area contributed by atoms with Crippen LogP contribution in [0.2, 0.25) is 0 Å². The molecular formula is C36H62N2O22. The molecule has 5 aliphatic heterocycles. The van der Waals surface area contributed by atoms with Crippen molar-refractivity contribution in [3.63, 3.8) is 0 Å². The lowest BCUT2D eigenvalue weighted by Gasteiger charge is -2.50. The van der Waals surface area contributed by atoms with Crippen LogP contribution in [-0.2, 0) is 38.0 Å². The molecule has 0 aliphatic carbocycles. The fraction of sp³-hybridized carbons (Fsp3) is 0.889. The van der Waals surface area contributed by atoms with Gasteiger partial charge in [-0.3, -0.25) is 5.41 Å². The van der Waals surface area contributed by atoms with Crippen molar-refractivity contribution in [3.05, 3.63) is 11.5 Å². The van der Waals surface area contributed by atoms with E-state index in [1.807, 2.05) is 13.8 Å². The second kappa shape index (κ2) is 20.5. The first-order chi connectivity index (χ1) is 27.9. The number of carbonyl (C=O) groups is 1. The Balaban J connectivity index is 0.000000479. The van der Waals surface area contributed by atoms with Gasteiger partial charge in [0.05, 0.1) is 43.8 Å². The number of carboxylic acid groups (broad SMARTS) is 1. The van der Waals surface area contributed by atoms with E-state index in [0.29, 0.717) is 0 Å². The van der Waals surface area contributed by atoms with E-state index in [-0.39, 0.29) is 24.0 Å². The number of likely N-dealkylation sites (N-methyl/N-ethyl adjacent to an activating group) is 1. The van der Waals surface area contributed by atoms with Gasteiger partial charge in [-0.2, -0.15) is 0 Å². The first-order valence-electron chi connectivity index (χ1n) is 19.4. The largest absolute Gasteiger partial charge is 0.476 e. The van der Waals surface area contributed by atoms with Crippen LogP contribution in [-0.4, -0.2) is 250 Å². The van der Waals surface area contributed by atoms with E-state index in [1.165, 1.54) is 32.7 Å². The van der Waals surface area contributed by atoms with E-state index in [2.05, 4.69) is 0 Å². The fourth-order valence-electron chi connectivity index (χ4n) is 7.60. The summed E-state index contributed by atoms with van der Waals surface area (Å²) in [6, 6.07) is -0.987. The van der Waals surface area contributed by atoms with Crippen LogP contribution in [0.4, 0.5) is 0 Å². The highest BCUT2D eigenvalue weighted by Gasteiger charge is 2.54. The lowest BCUT2D eigenvalue weighted by molar-refractivity contribution is -0.330. The van der Waals surface area contributed by atoms with Crippen LogP contribution in [0.25, 0.3) is 0 Å². The van der Waals surface area contributed by atoms with Gasteiger partial charge in [-0.25, -0.2) is 4.79 Å². The van der Waals surface area contributed by atoms with Crippen LogP contribution in [0.1, 0.15) is 34.6 Å². The highest BCUT2D eigenvalue weighted by atomic mass is 16.7. The second-order valence-corrected chi connectivity index (χ2v) is 16.4. The SMILES string of the molecule is CC(C)C1OC(CO)C(O)C(O)C1O.CC1=C(C(=N)C(=O)O)OC2OC(COC3OC(COC(C)(C)C4OC(CO)C(O)C(O)C4O)C(O)C(O)C3O)C(O)C(O)C2N1C. The molecule has 0 aromatic carbocycles. The zero-order valence-corrected chi connectivity index (χ0v) is 33.9. The summed E-state index contributed by atoms with van der Waals surface area (Å²) in [6.07, 6.45) is -26.3. The Morgan fingerprint density at radius 3 is 1.75 bits per heavy atom. The maximum absolute atomic E-state index is 11.4. The van der Waals surface area contributed by atoms with Crippen LogP contribution >= 0.6 is 0 Å². The molecule has 20 unspecified atom stereocenters. The standard InChI is InChI=1S/C27H44N2O17.C9H18O5/c1-8-22(12(28)24(39)40)46-25-13(29(8)4)17(34)15(32)10(44-25)6-41-26-21(38)19(36)16(33)11(45-26)7-42-27(2,3)23-20(37)18(35)14(31)9(5-30)43-23;1-4(2)9-8(13)7(12)6(11)5(3-10)14-9/h9-11,13-21,23,25-26,28,30-38H,5-7H2,1-4H3,(H,39,40);4-13H,3H2,1-2H3. The highest BCUT2D eigenvalue weighted by Crippen LogP contribution is 2.36. The molecule has 60 heavy (non-hydrogen) atoms. The number of nitrogens with one attached hydrogen (secondary N) is 1. The molecule has 0 amide bonds. The van der Waals surface area contributed by atoms with Crippen molar-refractivity contribution in [2.75, 3.05) is 33.5 Å². The van der Waals surface area contributed by atoms with Crippen molar-refractivity contribution < 1.29 is 109 Å². The summed E-state index contributed by atoms with van der Waals surface area (Å²) in [5, 5.41) is 148. The van der Waals surface area contributed by atoms with E-state index in [1.54, 1.807) is 0 Å². The normalized spacial score (nSPS) is 43.8. The van der Waals surface area contributed by atoms with Crippen LogP contribution in [0.15, 0.2) is 11.5 Å². The van der Waals surface area contributed by atoms with Crippen molar-refractivity contribution in [3.8, 4) is 0 Å². The third-order valence-electron chi connectivity index (χ3n) is 11.5. The number of nitrogens with zero attached hydrogens (tertiary/aromatic N) is 1. The van der Waals surface area contributed by atoms with Crippen molar-refractivity contribution in [2.24, 2.45) is 5.92 Å². The number of aliphatic hydroxyl groups is 13. The lowest BCUT2D eigenvalue weighted by Crippen LogP contribution is -2.66. The number of hydrogen-bond acceptors (Lipinski definition) is 23. The van der Waals surface area contributed by atoms with Crippen LogP contribution in [0, 0.1) is 11.3 Å². The molecule has 0 spiro atoms. The molecule has 4 saturated heterocycles. The van der Waals surface area contributed by atoms with Gasteiger partial charge in [0.15, 0.2) is 17.8 Å². The molecule has 348 valence electrons. The molecule has 0 saturated carbocycles. The van der Waals surface area contributed by atoms with Gasteiger partial charge in [0.2, 0.25) is 6.29 Å². The number of aliphatic carboxylic acids is 1. The molecule has 0 bridgehead atoms. The maximum Gasteiger partial charge on any atom is 0.357 e. The number of rotatable bonds is 12. The van der Waals surface area contributed by atoms with E-state index < -0.39 is 159 Å². The Labute approximate surface area is 344 Å². The third-order valence-corrected chi connectivity index (χ3v) is 11.5. The summed E-state index contributed by atoms with van der Waals surface area (Å²) in [4.78, 5) is 12.8. The summed E-state index contributed by atoms with van der Waals surface area (Å²) >= 11 is 0. The summed E-state index contributed by atoms with van der Waals surface area (Å²) < 4.78 is 39.3. The molecule has 15 N–H and O–H groups in total. The Morgan fingerprint density at radius 1 is 0.700 bits per heavy atom. The van der Waals surface area contributed by atoms with E-state index in [4.69, 9.17) is 43.7 Å². The molecule has 20 atom stereocenters. The third kappa shape index (κ3) is 10.4. The Hall–Kier alpha value is -2.28. The molecule has 4 fully saturated rings. The molecule has 0 radical (unpaired) electrons. The van der Waals surface area contributed by atoms with Gasteiger partial charge in [0.1, 0.15) is 104 Å². The van der Waals surface area contributed by atoms with Crippen LogP contribution < -0.4 is 0 Å². The average Bonchev–Trinajstić information content (AvgIpc) is 3.20. The zero-order valence-electron chi connectivity index (χ0n) is 33.9. The minimum Gasteiger partial charge on any atom is -0.476 e. The number of hydrogen-bond donors (Lipinski definition) is 15. The molecular weight excluding hydrogens is 812 g/mol. The molecule has 24 heteroatoms. The molecule has 24 nitrogen and oxygen atoms in total. The maximum atomic E-state index is 11.4. The number of fused-ring (bicyclic) bond motifs is 1. The Kier molecular flexibility index (Phi) is 17.2. The summed E-state index contributed by atoms with van der Waals surface area (Å²) in [5.41, 5.74) is -2.06. The van der Waals surface area contributed by atoms with Crippen molar-refractivity contribution >= 4 is 11.7 Å². The van der Waals surface area contributed by atoms with Gasteiger partial charge in [0, 0.05) is 7.05 Å². The van der Waals surface area contributed by atoms with Gasteiger partial charge in [-0.1, -0.05) is 13.8 Å². The Bertz CT molecular complexity index is 1470. The second-order valence-electron chi connectivity index (χ2n) is 16.4. The van der Waals surface area contributed by atoms with Crippen molar-refractivity contribution in [2.45, 2.75) is 163 Å². The number of allylic oxidation sites excluding steroid dienone is 1. The minimum absolute atomic E-state index is 0.0150. The lowest BCUT2D eigenvalue weighted by atomic mass is 9.86. The van der Waals surface area contributed by atoms with Crippen molar-refractivity contribution in [1.29, 1.82) is 5.41 Å². The Morgan fingerprint density at radius 2 is 1.20 bits per heavy atom. The van der Waals surface area contributed by atoms with Crippen molar-refractivity contribution in [1.82, 2.24) is 4.90 Å². The summed E-state index contributed by atoms with van der Waals surface area (Å²) in [6.45, 7) is 6.05. The average molecular weight is 875 g/mol. The van der Waals surface area contributed by atoms with Crippen LogP contribution in [0.3, 0.4) is 0 Å². The summed E-state index contributed by atoms with van der Waals surface area (Å²) in [7, 11) is 1.50. The fourth-order valence-corrected chi connectivity index (χ4v) is 7.60. The monoisotopic (exact) mass is 874 g/mol. The number of ether oxygens (including phenoxy) is 7. The minimum atomic E-state index is -1.80. The predicted octanol–water partition coefficient (Wildman–Crippen LogP) is -6.95. The number of carboxylic acids is 1. The van der Waals surface area contributed by atoms with E-state index in [9.17, 15) is 71.2 Å². The van der Waals surface area contributed by atoms with Gasteiger partial charge >= 0.3 is 5.97 Å². The molecule has 0 aromatic rings.